The molecule has 2 heteroatoms. The van der Waals surface area contributed by atoms with Gasteiger partial charge in [0.25, 0.3) is 0 Å². The Bertz CT molecular complexity index is 50.1. The maximum atomic E-state index is 9.40. The van der Waals surface area contributed by atoms with Crippen molar-refractivity contribution in [2.75, 3.05) is 0 Å². The van der Waals surface area contributed by atoms with Gasteiger partial charge in [0.2, 0.25) is 0 Å². The van der Waals surface area contributed by atoms with Gasteiger partial charge in [-0.1, -0.05) is 26.6 Å². The van der Waals surface area contributed by atoms with Crippen LogP contribution in [0.2, 0.25) is 19.6 Å². The van der Waals surface area contributed by atoms with E-state index in [1.165, 1.54) is 0 Å². The van der Waals surface area contributed by atoms with Crippen LogP contribution in [0.3, 0.4) is 0 Å². The fourth-order valence-electron chi connectivity index (χ4n) is 0.118. The number of rotatable bonds is 2. The number of unbranched alkanes of at least 4 members (excludes halogenated alkanes) is 1. The van der Waals surface area contributed by atoms with Crippen LogP contribution in [0.1, 0.15) is 19.8 Å². The summed E-state index contributed by atoms with van der Waals surface area (Å²) in [5.74, 6) is 0. The number of aldehydes is 1. The molecule has 0 fully saturated rings. The van der Waals surface area contributed by atoms with Crippen LogP contribution < -0.4 is 0 Å². The van der Waals surface area contributed by atoms with Crippen LogP contribution in [0.25, 0.3) is 0 Å². The highest BCUT2D eigenvalue weighted by Crippen LogP contribution is 1.74. The SMILES string of the molecule is CCCC=O.C[SiH](C)C. The summed E-state index contributed by atoms with van der Waals surface area (Å²) in [5, 5.41) is 0. The van der Waals surface area contributed by atoms with Crippen LogP contribution in [0.4, 0.5) is 0 Å². The van der Waals surface area contributed by atoms with Gasteiger partial charge in [0.1, 0.15) is 6.29 Å². The molecule has 0 aliphatic rings. The number of hydrogen-bond donors (Lipinski definition) is 0. The van der Waals surface area contributed by atoms with Crippen LogP contribution in [0, 0.1) is 0 Å². The molecule has 0 unspecified atom stereocenters. The second-order valence-corrected chi connectivity index (χ2v) is 6.15. The molecule has 0 amide bonds. The highest BCUT2D eigenvalue weighted by atomic mass is 28.3. The summed E-state index contributed by atoms with van der Waals surface area (Å²) in [6, 6.07) is 0. The van der Waals surface area contributed by atoms with Gasteiger partial charge in [-0.05, 0) is 6.42 Å². The van der Waals surface area contributed by atoms with Crippen molar-refractivity contribution in [1.29, 1.82) is 0 Å². The predicted octanol–water partition coefficient (Wildman–Crippen LogP) is 2.09. The van der Waals surface area contributed by atoms with Gasteiger partial charge in [-0.2, -0.15) is 0 Å². The summed E-state index contributed by atoms with van der Waals surface area (Å²) in [6.45, 7) is 8.90. The van der Waals surface area contributed by atoms with Crippen molar-refractivity contribution in [1.82, 2.24) is 0 Å². The zero-order valence-corrected chi connectivity index (χ0v) is 8.13. The maximum Gasteiger partial charge on any atom is 0.119 e. The van der Waals surface area contributed by atoms with Gasteiger partial charge >= 0.3 is 0 Å². The standard InChI is InChI=1S/C4H8O.C3H10Si/c1-2-3-4-5;1-4(2)3/h4H,2-3H2,1H3;4H,1-3H3. The molecule has 0 aromatic carbocycles. The zero-order valence-electron chi connectivity index (χ0n) is 6.98. The Morgan fingerprint density at radius 3 is 1.67 bits per heavy atom. The molecule has 0 atom stereocenters. The minimum absolute atomic E-state index is 0.139. The minimum atomic E-state index is -0.139. The Morgan fingerprint density at radius 2 is 1.67 bits per heavy atom. The van der Waals surface area contributed by atoms with E-state index in [-0.39, 0.29) is 8.80 Å². The minimum Gasteiger partial charge on any atom is -0.303 e. The Labute approximate surface area is 60.1 Å². The molecule has 0 saturated heterocycles. The first-order valence-electron chi connectivity index (χ1n) is 3.58. The van der Waals surface area contributed by atoms with E-state index in [9.17, 15) is 4.79 Å². The van der Waals surface area contributed by atoms with Crippen LogP contribution in [-0.2, 0) is 4.79 Å². The van der Waals surface area contributed by atoms with Crippen molar-refractivity contribution in [3.8, 4) is 0 Å². The Balaban J connectivity index is 0. The molecular weight excluding hydrogens is 128 g/mol. The van der Waals surface area contributed by atoms with E-state index in [1.807, 2.05) is 6.92 Å². The molecule has 1 nitrogen and oxygen atoms in total. The Morgan fingerprint density at radius 1 is 1.33 bits per heavy atom. The van der Waals surface area contributed by atoms with Crippen molar-refractivity contribution >= 4 is 15.1 Å². The van der Waals surface area contributed by atoms with E-state index < -0.39 is 0 Å². The lowest BCUT2D eigenvalue weighted by Gasteiger charge is -1.75. The van der Waals surface area contributed by atoms with E-state index in [1.54, 1.807) is 0 Å². The molecular formula is C7H18OSi. The maximum absolute atomic E-state index is 9.40. The summed E-state index contributed by atoms with van der Waals surface area (Å²) in [5.41, 5.74) is 0. The average Bonchev–Trinajstić information content (AvgIpc) is 1.66. The summed E-state index contributed by atoms with van der Waals surface area (Å²) in [4.78, 5) is 9.40. The first-order chi connectivity index (χ1) is 4.15. The first-order valence-corrected chi connectivity index (χ1v) is 7.05. The molecule has 0 saturated carbocycles. The van der Waals surface area contributed by atoms with Crippen molar-refractivity contribution in [3.63, 3.8) is 0 Å². The molecule has 0 heterocycles. The van der Waals surface area contributed by atoms with Crippen LogP contribution in [0.15, 0.2) is 0 Å². The van der Waals surface area contributed by atoms with E-state index in [2.05, 4.69) is 19.6 Å². The lowest BCUT2D eigenvalue weighted by Crippen LogP contribution is -1.84. The Hall–Kier alpha value is -0.113. The quantitative estimate of drug-likeness (QED) is 0.430. The fraction of sp³-hybridized carbons (Fsp3) is 0.857. The van der Waals surface area contributed by atoms with Gasteiger partial charge in [0.15, 0.2) is 0 Å². The fourth-order valence-corrected chi connectivity index (χ4v) is 0.118. The van der Waals surface area contributed by atoms with E-state index in [0.29, 0.717) is 6.42 Å². The van der Waals surface area contributed by atoms with E-state index >= 15 is 0 Å². The molecule has 0 aromatic heterocycles. The van der Waals surface area contributed by atoms with Gasteiger partial charge in [0.05, 0.1) is 0 Å². The summed E-state index contributed by atoms with van der Waals surface area (Å²) in [7, 11) is -0.139. The van der Waals surface area contributed by atoms with E-state index in [0.717, 1.165) is 12.7 Å². The summed E-state index contributed by atoms with van der Waals surface area (Å²) in [6.07, 6.45) is 2.61. The second kappa shape index (κ2) is 10.8. The lowest BCUT2D eigenvalue weighted by atomic mass is 10.4. The van der Waals surface area contributed by atoms with Gasteiger partial charge in [-0.15, -0.1) is 0 Å². The lowest BCUT2D eigenvalue weighted by molar-refractivity contribution is -0.107. The zero-order chi connectivity index (χ0) is 7.70. The predicted molar refractivity (Wildman–Crippen MR) is 45.7 cm³/mol. The molecule has 0 radical (unpaired) electrons. The van der Waals surface area contributed by atoms with E-state index in [4.69, 9.17) is 0 Å². The number of carbonyl (C=O) groups excluding carboxylic acids is 1. The average molecular weight is 146 g/mol. The van der Waals surface area contributed by atoms with Crippen LogP contribution in [0.5, 0.6) is 0 Å². The van der Waals surface area contributed by atoms with Gasteiger partial charge < -0.3 is 4.79 Å². The third-order valence-electron chi connectivity index (χ3n) is 0.407. The molecule has 0 aliphatic heterocycles. The molecule has 0 aliphatic carbocycles. The first kappa shape index (κ1) is 11.7. The molecule has 0 rings (SSSR count). The third kappa shape index (κ3) is 76.8. The molecule has 56 valence electrons. The third-order valence-corrected chi connectivity index (χ3v) is 0.407. The highest BCUT2D eigenvalue weighted by Gasteiger charge is 1.71. The van der Waals surface area contributed by atoms with Crippen LogP contribution >= 0.6 is 0 Å². The smallest absolute Gasteiger partial charge is 0.119 e. The normalized spacial score (nSPS) is 8.11. The van der Waals surface area contributed by atoms with Crippen molar-refractivity contribution in [2.24, 2.45) is 0 Å². The number of hydrogen-bond acceptors (Lipinski definition) is 1. The molecule has 0 N–H and O–H groups in total. The van der Waals surface area contributed by atoms with Gasteiger partial charge in [-0.25, -0.2) is 0 Å². The van der Waals surface area contributed by atoms with Crippen LogP contribution in [-0.4, -0.2) is 15.1 Å². The van der Waals surface area contributed by atoms with Gasteiger partial charge in [0, 0.05) is 15.2 Å². The largest absolute Gasteiger partial charge is 0.303 e. The summed E-state index contributed by atoms with van der Waals surface area (Å²) < 4.78 is 0. The van der Waals surface area contributed by atoms with Crippen molar-refractivity contribution < 1.29 is 4.79 Å². The molecule has 0 spiro atoms. The second-order valence-electron chi connectivity index (χ2n) is 2.69. The Kier molecular flexibility index (Phi) is 14.0. The van der Waals surface area contributed by atoms with Crippen molar-refractivity contribution in [2.45, 2.75) is 39.4 Å². The van der Waals surface area contributed by atoms with Gasteiger partial charge in [-0.3, -0.25) is 0 Å². The molecule has 0 bridgehead atoms. The topological polar surface area (TPSA) is 17.1 Å². The molecule has 0 aromatic rings. The highest BCUT2D eigenvalue weighted by molar-refractivity contribution is 6.54. The summed E-state index contributed by atoms with van der Waals surface area (Å²) >= 11 is 0. The van der Waals surface area contributed by atoms with Crippen molar-refractivity contribution in [3.05, 3.63) is 0 Å². The molecule has 9 heavy (non-hydrogen) atoms. The monoisotopic (exact) mass is 146 g/mol. The number of carbonyl (C=O) groups is 1.